The number of carbonyl (C=O) groups is 3. The molecule has 0 aromatic heterocycles. The summed E-state index contributed by atoms with van der Waals surface area (Å²) in [6.07, 6.45) is 9.91. The molecule has 280 valence electrons. The molecule has 3 amide bonds. The number of hydrogen-bond acceptors (Lipinski definition) is 8. The third-order valence-electron chi connectivity index (χ3n) is 12.0. The summed E-state index contributed by atoms with van der Waals surface area (Å²) in [5.41, 5.74) is 4.90. The van der Waals surface area contributed by atoms with Gasteiger partial charge in [0, 0.05) is 44.3 Å². The molecule has 3 heterocycles. The number of methoxy groups -OCH3 is 2. The number of ether oxygens (including phenoxy) is 3. The van der Waals surface area contributed by atoms with Crippen LogP contribution in [-0.2, 0) is 36.0 Å². The van der Waals surface area contributed by atoms with E-state index < -0.39 is 33.7 Å². The summed E-state index contributed by atoms with van der Waals surface area (Å²) in [5.74, 6) is -0.441. The zero-order chi connectivity index (χ0) is 36.6. The first-order valence-corrected chi connectivity index (χ1v) is 20.4. The van der Waals surface area contributed by atoms with Crippen LogP contribution in [-0.4, -0.2) is 85.9 Å². The van der Waals surface area contributed by atoms with Crippen LogP contribution in [0.4, 0.5) is 10.5 Å². The number of rotatable bonds is 3. The third kappa shape index (κ3) is 7.33. The largest absolute Gasteiger partial charge is 0.490 e. The van der Waals surface area contributed by atoms with Crippen molar-refractivity contribution >= 4 is 33.5 Å². The van der Waals surface area contributed by atoms with Gasteiger partial charge in [-0.25, -0.2) is 9.00 Å². The van der Waals surface area contributed by atoms with Crippen molar-refractivity contribution in [2.45, 2.75) is 70.3 Å². The highest BCUT2D eigenvalue weighted by Gasteiger charge is 2.44. The Balaban J connectivity index is 1.26. The lowest BCUT2D eigenvalue weighted by Crippen LogP contribution is -2.49. The number of hydrogen-bond donors (Lipinski definition) is 1. The van der Waals surface area contributed by atoms with Gasteiger partial charge in [0.2, 0.25) is 5.91 Å². The van der Waals surface area contributed by atoms with Gasteiger partial charge in [-0.15, -0.1) is 4.36 Å². The molecule has 1 N–H and O–H groups in total. The first-order valence-electron chi connectivity index (χ1n) is 18.7. The lowest BCUT2D eigenvalue weighted by atomic mass is 9.68. The Labute approximate surface area is 307 Å². The fourth-order valence-electron chi connectivity index (χ4n) is 9.04. The summed E-state index contributed by atoms with van der Waals surface area (Å²) in [6.45, 7) is 6.66. The van der Waals surface area contributed by atoms with Crippen molar-refractivity contribution in [1.29, 1.82) is 0 Å². The van der Waals surface area contributed by atoms with Crippen LogP contribution in [0.15, 0.2) is 52.9 Å². The van der Waals surface area contributed by atoms with Gasteiger partial charge in [-0.2, -0.15) is 0 Å². The Morgan fingerprint density at radius 1 is 1.10 bits per heavy atom. The van der Waals surface area contributed by atoms with E-state index in [0.717, 1.165) is 50.9 Å². The second-order valence-corrected chi connectivity index (χ2v) is 17.7. The van der Waals surface area contributed by atoms with Crippen LogP contribution in [0.1, 0.15) is 72.5 Å². The van der Waals surface area contributed by atoms with Gasteiger partial charge >= 0.3 is 6.09 Å². The summed E-state index contributed by atoms with van der Waals surface area (Å²) in [6, 6.07) is 12.2. The van der Waals surface area contributed by atoms with Gasteiger partial charge in [0.15, 0.2) is 0 Å². The molecular formula is C40H52N4O7S. The second-order valence-electron chi connectivity index (χ2n) is 15.7. The molecule has 1 saturated carbocycles. The van der Waals surface area contributed by atoms with Gasteiger partial charge in [-0.1, -0.05) is 42.8 Å². The number of fused-ring (bicyclic) bond motifs is 4. The van der Waals surface area contributed by atoms with Gasteiger partial charge in [0.05, 0.1) is 37.2 Å². The molecule has 1 spiro atoms. The van der Waals surface area contributed by atoms with E-state index >= 15 is 0 Å². The van der Waals surface area contributed by atoms with Crippen LogP contribution in [0.5, 0.6) is 5.75 Å². The van der Waals surface area contributed by atoms with Crippen LogP contribution in [0.2, 0.25) is 0 Å². The molecule has 5 aliphatic rings. The molecule has 0 radical (unpaired) electrons. The summed E-state index contributed by atoms with van der Waals surface area (Å²) in [4.78, 5) is 43.5. The Morgan fingerprint density at radius 2 is 1.94 bits per heavy atom. The predicted molar refractivity (Wildman–Crippen MR) is 200 cm³/mol. The first kappa shape index (κ1) is 36.5. The summed E-state index contributed by atoms with van der Waals surface area (Å²) >= 11 is 0. The molecule has 7 rings (SSSR count). The zero-order valence-corrected chi connectivity index (χ0v) is 31.6. The molecule has 2 aromatic carbocycles. The maximum atomic E-state index is 14.6. The number of benzene rings is 2. The molecule has 2 aromatic rings. The smallest absolute Gasteiger partial charge is 0.409 e. The van der Waals surface area contributed by atoms with Gasteiger partial charge in [0.1, 0.15) is 15.7 Å². The number of aryl methyl sites for hydroxylation is 2. The molecule has 2 fully saturated rings. The Bertz CT molecular complexity index is 1870. The van der Waals surface area contributed by atoms with Gasteiger partial charge in [-0.3, -0.25) is 14.3 Å². The van der Waals surface area contributed by atoms with E-state index in [1.54, 1.807) is 13.2 Å². The molecule has 7 atom stereocenters. The highest BCUT2D eigenvalue weighted by molar-refractivity contribution is 7.92. The van der Waals surface area contributed by atoms with Crippen LogP contribution in [0, 0.1) is 30.6 Å². The first-order chi connectivity index (χ1) is 25.0. The fourth-order valence-corrected chi connectivity index (χ4v) is 11.0. The Morgan fingerprint density at radius 3 is 2.71 bits per heavy atom. The quantitative estimate of drug-likeness (QED) is 0.391. The molecule has 1 saturated heterocycles. The van der Waals surface area contributed by atoms with Crippen molar-refractivity contribution in [3.63, 3.8) is 0 Å². The molecule has 12 heteroatoms. The number of allylic oxidation sites excluding steroid dienone is 1. The number of likely N-dealkylation sites (tertiary alicyclic amines) is 1. The van der Waals surface area contributed by atoms with Crippen LogP contribution in [0.25, 0.3) is 0 Å². The standard InChI is InChI=1S/C40H52N4O7S/c1-26-10-14-33-28(19-26)8-6-17-40(33)24-44-21-30-11-13-32(30)35(49-3)9-5-7-27(2)23-52(48,42-38(46)31-16-18-43(22-31)39(47)50-4)41-37(45)29-12-15-36(51-25-40)34(44)20-29/h5,9-10,12,14-15,19-20,27,30-32,35H,6-8,11,13,16-18,21-25H2,1-4H3,(H,41,42,45,46,48)/b9-5+/t27-,30-,31-,32+,35-,40-,52?/m0/s1. The number of nitrogens with one attached hydrogen (secondary N) is 1. The minimum atomic E-state index is -3.54. The Hall–Kier alpha value is -3.90. The Kier molecular flexibility index (Phi) is 10.4. The molecule has 2 bridgehead atoms. The molecule has 2 aliphatic carbocycles. The molecule has 11 nitrogen and oxygen atoms in total. The monoisotopic (exact) mass is 732 g/mol. The van der Waals surface area contributed by atoms with Crippen LogP contribution in [0.3, 0.4) is 0 Å². The topological polar surface area (TPSA) is 127 Å². The zero-order valence-electron chi connectivity index (χ0n) is 30.8. The highest BCUT2D eigenvalue weighted by Crippen LogP contribution is 2.47. The minimum Gasteiger partial charge on any atom is -0.490 e. The van der Waals surface area contributed by atoms with Gasteiger partial charge in [0.25, 0.3) is 5.91 Å². The van der Waals surface area contributed by atoms with Crippen molar-refractivity contribution in [2.24, 2.45) is 28.0 Å². The average molecular weight is 733 g/mol. The van der Waals surface area contributed by atoms with Crippen molar-refractivity contribution in [3.8, 4) is 5.75 Å². The van der Waals surface area contributed by atoms with E-state index in [1.165, 1.54) is 28.7 Å². The fraction of sp³-hybridized carbons (Fsp3) is 0.575. The van der Waals surface area contributed by atoms with Crippen LogP contribution < -0.4 is 14.4 Å². The van der Waals surface area contributed by atoms with Crippen molar-refractivity contribution in [1.82, 2.24) is 9.62 Å². The van der Waals surface area contributed by atoms with Gasteiger partial charge in [-0.05, 0) is 98.9 Å². The van der Waals surface area contributed by atoms with Crippen molar-refractivity contribution in [2.75, 3.05) is 57.7 Å². The molecule has 3 aliphatic heterocycles. The third-order valence-corrected chi connectivity index (χ3v) is 14.0. The van der Waals surface area contributed by atoms with Crippen molar-refractivity contribution < 1.29 is 32.8 Å². The molecule has 52 heavy (non-hydrogen) atoms. The second kappa shape index (κ2) is 14.9. The predicted octanol–water partition coefficient (Wildman–Crippen LogP) is 5.83. The van der Waals surface area contributed by atoms with E-state index in [0.29, 0.717) is 49.1 Å². The number of amides is 3. The van der Waals surface area contributed by atoms with E-state index in [9.17, 15) is 18.6 Å². The minimum absolute atomic E-state index is 0.00641. The lowest BCUT2D eigenvalue weighted by Gasteiger charge is -2.46. The normalized spacial score (nSPS) is 32.3. The summed E-state index contributed by atoms with van der Waals surface area (Å²) in [7, 11) is -0.479. The maximum Gasteiger partial charge on any atom is 0.409 e. The van der Waals surface area contributed by atoms with E-state index in [-0.39, 0.29) is 29.7 Å². The number of carbonyl (C=O) groups excluding carboxylic acids is 3. The number of anilines is 1. The van der Waals surface area contributed by atoms with E-state index in [4.69, 9.17) is 14.2 Å². The van der Waals surface area contributed by atoms with Gasteiger partial charge < -0.3 is 24.0 Å². The maximum absolute atomic E-state index is 14.6. The summed E-state index contributed by atoms with van der Waals surface area (Å²) < 4.78 is 39.1. The van der Waals surface area contributed by atoms with Crippen molar-refractivity contribution in [3.05, 3.63) is 70.8 Å². The highest BCUT2D eigenvalue weighted by atomic mass is 32.2. The SMILES string of the molecule is COC(=O)N1CC[C@H](C(=O)NS2(=O)=NC(=O)c3ccc4c(c3)N(C[C@@H]3CC[C@H]3[C@@H](OC)/C=C/C[C@H](C)C2)C[C@@]2(CCCc3cc(C)ccc32)CO4)C1. The summed E-state index contributed by atoms with van der Waals surface area (Å²) in [5, 5.41) is 0. The molecule has 1 unspecified atom stereocenters. The molecular weight excluding hydrogens is 681 g/mol. The van der Waals surface area contributed by atoms with Crippen LogP contribution >= 0.6 is 0 Å². The van der Waals surface area contributed by atoms with E-state index in [1.807, 2.05) is 19.1 Å². The lowest BCUT2D eigenvalue weighted by molar-refractivity contribution is -0.122. The number of nitrogens with zero attached hydrogens (tertiary/aromatic N) is 3. The average Bonchev–Trinajstić information content (AvgIpc) is 3.56. The van der Waals surface area contributed by atoms with E-state index in [2.05, 4.69) is 51.3 Å².